The van der Waals surface area contributed by atoms with Crippen LogP contribution in [-0.2, 0) is 0 Å². The first-order chi connectivity index (χ1) is 16.1. The minimum atomic E-state index is -0.284. The van der Waals surface area contributed by atoms with Gasteiger partial charge in [-0.15, -0.1) is 5.10 Å². The number of nitrogens with one attached hydrogen (secondary N) is 1. The third-order valence-electron chi connectivity index (χ3n) is 5.85. The highest BCUT2D eigenvalue weighted by Crippen LogP contribution is 2.34. The Morgan fingerprint density at radius 1 is 0.970 bits per heavy atom. The van der Waals surface area contributed by atoms with Gasteiger partial charge in [0.15, 0.2) is 0 Å². The van der Waals surface area contributed by atoms with Crippen molar-refractivity contribution in [1.29, 1.82) is 0 Å². The number of rotatable bonds is 5. The predicted octanol–water partition coefficient (Wildman–Crippen LogP) is 5.48. The fourth-order valence-electron chi connectivity index (χ4n) is 4.36. The van der Waals surface area contributed by atoms with E-state index in [1.54, 1.807) is 12.1 Å². The van der Waals surface area contributed by atoms with Crippen LogP contribution in [0.3, 0.4) is 0 Å². The topological polar surface area (TPSA) is 64.9 Å². The second kappa shape index (κ2) is 9.11. The number of ether oxygens (including phenoxy) is 1. The number of pyridine rings is 1. The molecule has 0 aliphatic carbocycles. The van der Waals surface area contributed by atoms with E-state index in [1.165, 1.54) is 12.1 Å². The fraction of sp³-hybridized carbons (Fsp3) is 0.269. The van der Waals surface area contributed by atoms with Gasteiger partial charge in [0.25, 0.3) is 0 Å². The molecule has 1 aliphatic heterocycles. The zero-order valence-electron chi connectivity index (χ0n) is 18.8. The van der Waals surface area contributed by atoms with Gasteiger partial charge in [0.05, 0.1) is 11.7 Å². The average Bonchev–Trinajstić information content (AvgIpc) is 3.25. The number of aromatic nitrogens is 4. The predicted molar refractivity (Wildman–Crippen MR) is 126 cm³/mol. The molecule has 1 N–H and O–H groups in total. The summed E-state index contributed by atoms with van der Waals surface area (Å²) in [6.07, 6.45) is 1.91. The lowest BCUT2D eigenvalue weighted by molar-refractivity contribution is 0.340. The molecular formula is C26H26FN5O. The Bertz CT molecular complexity index is 1240. The lowest BCUT2D eigenvalue weighted by Crippen LogP contribution is -2.30. The van der Waals surface area contributed by atoms with Gasteiger partial charge < -0.3 is 10.1 Å². The summed E-state index contributed by atoms with van der Waals surface area (Å²) in [4.78, 5) is 4.82. The first-order valence-corrected chi connectivity index (χ1v) is 11.2. The Labute approximate surface area is 192 Å². The van der Waals surface area contributed by atoms with E-state index in [0.29, 0.717) is 11.6 Å². The first kappa shape index (κ1) is 21.3. The minimum Gasteiger partial charge on any atom is -0.439 e. The highest BCUT2D eigenvalue weighted by molar-refractivity contribution is 5.76. The third-order valence-corrected chi connectivity index (χ3v) is 5.85. The van der Waals surface area contributed by atoms with Gasteiger partial charge in [-0.05, 0) is 93.4 Å². The van der Waals surface area contributed by atoms with Crippen molar-refractivity contribution in [3.63, 3.8) is 0 Å². The van der Waals surface area contributed by atoms with Gasteiger partial charge in [0, 0.05) is 11.6 Å². The molecule has 5 rings (SSSR count). The molecule has 0 spiro atoms. The summed E-state index contributed by atoms with van der Waals surface area (Å²) in [7, 11) is 0. The highest BCUT2D eigenvalue weighted by atomic mass is 19.1. The van der Waals surface area contributed by atoms with Crippen molar-refractivity contribution < 1.29 is 9.13 Å². The van der Waals surface area contributed by atoms with Crippen LogP contribution >= 0.6 is 0 Å². The number of benzene rings is 2. The van der Waals surface area contributed by atoms with Gasteiger partial charge in [-0.3, -0.25) is 0 Å². The van der Waals surface area contributed by atoms with E-state index in [0.717, 1.165) is 59.8 Å². The van der Waals surface area contributed by atoms with Crippen LogP contribution in [0.5, 0.6) is 11.6 Å². The molecule has 0 unspecified atom stereocenters. The van der Waals surface area contributed by atoms with Crippen LogP contribution in [0.25, 0.3) is 22.6 Å². The summed E-state index contributed by atoms with van der Waals surface area (Å²) < 4.78 is 21.6. The Balaban J connectivity index is 1.57. The Hall–Kier alpha value is -3.58. The summed E-state index contributed by atoms with van der Waals surface area (Å²) in [5.74, 6) is 0.967. The molecule has 33 heavy (non-hydrogen) atoms. The standard InChI is InChI=1S/C26H26FN5O/c1-17-14-18(2)16-22(15-17)33-24-5-3-4-23(29-24)26-25(19-6-8-20(27)9-7-19)30-31-32(26)21-10-12-28-13-11-21/h3-9,14-16,21,28H,10-13H2,1-2H3. The molecule has 0 saturated carbocycles. The maximum absolute atomic E-state index is 13.6. The molecule has 3 heterocycles. The van der Waals surface area contributed by atoms with Crippen molar-refractivity contribution in [1.82, 2.24) is 25.3 Å². The number of aryl methyl sites for hydroxylation is 2. The first-order valence-electron chi connectivity index (χ1n) is 11.2. The number of halogens is 1. The largest absolute Gasteiger partial charge is 0.439 e. The lowest BCUT2D eigenvalue weighted by atomic mass is 10.0. The van der Waals surface area contributed by atoms with Gasteiger partial charge >= 0.3 is 0 Å². The molecular weight excluding hydrogens is 417 g/mol. The second-order valence-corrected chi connectivity index (χ2v) is 8.51. The molecule has 2 aromatic heterocycles. The van der Waals surface area contributed by atoms with Crippen LogP contribution in [0, 0.1) is 19.7 Å². The Morgan fingerprint density at radius 3 is 2.42 bits per heavy atom. The van der Waals surface area contributed by atoms with Crippen molar-refractivity contribution in [2.24, 2.45) is 0 Å². The zero-order valence-corrected chi connectivity index (χ0v) is 18.8. The summed E-state index contributed by atoms with van der Waals surface area (Å²) in [6.45, 7) is 5.95. The summed E-state index contributed by atoms with van der Waals surface area (Å²) in [6, 6.07) is 18.4. The van der Waals surface area contributed by atoms with Crippen molar-refractivity contribution in [3.05, 3.63) is 77.6 Å². The Kier molecular flexibility index (Phi) is 5.88. The van der Waals surface area contributed by atoms with E-state index in [9.17, 15) is 4.39 Å². The van der Waals surface area contributed by atoms with E-state index in [4.69, 9.17) is 9.72 Å². The summed E-state index contributed by atoms with van der Waals surface area (Å²) >= 11 is 0. The van der Waals surface area contributed by atoms with Crippen LogP contribution in [0.2, 0.25) is 0 Å². The molecule has 0 bridgehead atoms. The number of hydrogen-bond acceptors (Lipinski definition) is 5. The number of piperidine rings is 1. The van der Waals surface area contributed by atoms with Crippen molar-refractivity contribution in [2.75, 3.05) is 13.1 Å². The molecule has 0 atom stereocenters. The molecule has 1 fully saturated rings. The average molecular weight is 444 g/mol. The normalized spacial score (nSPS) is 14.4. The molecule has 168 valence electrons. The maximum atomic E-state index is 13.6. The fourth-order valence-corrected chi connectivity index (χ4v) is 4.36. The van der Waals surface area contributed by atoms with Crippen LogP contribution in [0.4, 0.5) is 4.39 Å². The maximum Gasteiger partial charge on any atom is 0.219 e. The van der Waals surface area contributed by atoms with E-state index >= 15 is 0 Å². The molecule has 1 aliphatic rings. The van der Waals surface area contributed by atoms with E-state index in [1.807, 2.05) is 48.9 Å². The minimum absolute atomic E-state index is 0.216. The summed E-state index contributed by atoms with van der Waals surface area (Å²) in [5.41, 5.74) is 5.29. The lowest BCUT2D eigenvalue weighted by Gasteiger charge is -2.24. The highest BCUT2D eigenvalue weighted by Gasteiger charge is 2.25. The van der Waals surface area contributed by atoms with E-state index in [2.05, 4.69) is 21.7 Å². The molecule has 6 nitrogen and oxygen atoms in total. The van der Waals surface area contributed by atoms with Gasteiger partial charge in [-0.2, -0.15) is 0 Å². The third kappa shape index (κ3) is 4.64. The van der Waals surface area contributed by atoms with Gasteiger partial charge in [0.1, 0.15) is 23.0 Å². The molecule has 4 aromatic rings. The Morgan fingerprint density at radius 2 is 1.70 bits per heavy atom. The monoisotopic (exact) mass is 443 g/mol. The van der Waals surface area contributed by atoms with Crippen LogP contribution in [0.15, 0.2) is 60.7 Å². The van der Waals surface area contributed by atoms with Gasteiger partial charge in [0.2, 0.25) is 5.88 Å². The summed E-state index contributed by atoms with van der Waals surface area (Å²) in [5, 5.41) is 12.4. The van der Waals surface area contributed by atoms with Crippen LogP contribution in [-0.4, -0.2) is 33.1 Å². The molecule has 0 amide bonds. The van der Waals surface area contributed by atoms with Crippen molar-refractivity contribution >= 4 is 0 Å². The zero-order chi connectivity index (χ0) is 22.8. The quantitative estimate of drug-likeness (QED) is 0.442. The van der Waals surface area contributed by atoms with Crippen LogP contribution < -0.4 is 10.1 Å². The number of nitrogens with zero attached hydrogens (tertiary/aromatic N) is 4. The van der Waals surface area contributed by atoms with Crippen molar-refractivity contribution in [3.8, 4) is 34.3 Å². The van der Waals surface area contributed by atoms with Gasteiger partial charge in [-0.25, -0.2) is 14.1 Å². The van der Waals surface area contributed by atoms with Crippen LogP contribution in [0.1, 0.15) is 30.0 Å². The second-order valence-electron chi connectivity index (χ2n) is 8.51. The van der Waals surface area contributed by atoms with E-state index in [-0.39, 0.29) is 11.9 Å². The molecule has 7 heteroatoms. The molecule has 1 saturated heterocycles. The number of hydrogen-bond donors (Lipinski definition) is 1. The molecule has 0 radical (unpaired) electrons. The smallest absolute Gasteiger partial charge is 0.219 e. The SMILES string of the molecule is Cc1cc(C)cc(Oc2cccc(-c3c(-c4ccc(F)cc4)nnn3C3CCNCC3)n2)c1. The molecule has 2 aromatic carbocycles. The van der Waals surface area contributed by atoms with Crippen molar-refractivity contribution in [2.45, 2.75) is 32.7 Å². The van der Waals surface area contributed by atoms with Gasteiger partial charge in [-0.1, -0.05) is 17.3 Å². The van der Waals surface area contributed by atoms with E-state index < -0.39 is 0 Å².